The van der Waals surface area contributed by atoms with Crippen LogP contribution in [0.5, 0.6) is 0 Å². The van der Waals surface area contributed by atoms with E-state index in [1.165, 1.54) is 0 Å². The molecule has 96 valence electrons. The van der Waals surface area contributed by atoms with Gasteiger partial charge >= 0.3 is 5.97 Å². The minimum Gasteiger partial charge on any atom is -0.480 e. The predicted octanol–water partition coefficient (Wildman–Crippen LogP) is 0.808. The number of ether oxygens (including phenoxy) is 1. The third-order valence-corrected chi connectivity index (χ3v) is 2.21. The van der Waals surface area contributed by atoms with E-state index in [1.807, 2.05) is 6.07 Å². The normalized spacial score (nSPS) is 9.83. The number of aryl methyl sites for hydroxylation is 1. The number of furan rings is 1. The fourth-order valence-corrected chi connectivity index (χ4v) is 1.24. The molecule has 1 aromatic rings. The second kappa shape index (κ2) is 5.84. The van der Waals surface area contributed by atoms with Crippen molar-refractivity contribution in [1.29, 1.82) is 5.26 Å². The van der Waals surface area contributed by atoms with E-state index in [9.17, 15) is 9.59 Å². The van der Waals surface area contributed by atoms with Crippen molar-refractivity contribution in [1.82, 2.24) is 0 Å². The van der Waals surface area contributed by atoms with Gasteiger partial charge < -0.3 is 14.3 Å². The molecule has 0 aliphatic carbocycles. The Morgan fingerprint density at radius 1 is 1.44 bits per heavy atom. The first-order valence-corrected chi connectivity index (χ1v) is 5.05. The second-order valence-corrected chi connectivity index (χ2v) is 3.53. The number of nitrogens with one attached hydrogen (secondary N) is 1. The SMILES string of the molecule is Cc1oc(NC(=O)COCC(=O)O)c(C#N)c1C. The van der Waals surface area contributed by atoms with E-state index in [-0.39, 0.29) is 11.4 Å². The van der Waals surface area contributed by atoms with Crippen molar-refractivity contribution in [3.05, 3.63) is 16.9 Å². The van der Waals surface area contributed by atoms with Gasteiger partial charge in [-0.1, -0.05) is 0 Å². The third kappa shape index (κ3) is 3.33. The molecule has 7 nitrogen and oxygen atoms in total. The monoisotopic (exact) mass is 252 g/mol. The quantitative estimate of drug-likeness (QED) is 0.801. The fraction of sp³-hybridized carbons (Fsp3) is 0.364. The van der Waals surface area contributed by atoms with Gasteiger partial charge in [-0.05, 0) is 13.8 Å². The van der Waals surface area contributed by atoms with Gasteiger partial charge in [0.2, 0.25) is 5.88 Å². The number of carboxylic acids is 1. The molecule has 0 saturated heterocycles. The number of hydrogen-bond donors (Lipinski definition) is 2. The summed E-state index contributed by atoms with van der Waals surface area (Å²) in [6.45, 7) is 2.39. The summed E-state index contributed by atoms with van der Waals surface area (Å²) in [5, 5.41) is 19.6. The van der Waals surface area contributed by atoms with Crippen molar-refractivity contribution in [2.45, 2.75) is 13.8 Å². The molecule has 0 fully saturated rings. The van der Waals surface area contributed by atoms with Gasteiger partial charge in [0.15, 0.2) is 0 Å². The van der Waals surface area contributed by atoms with Crippen molar-refractivity contribution < 1.29 is 23.8 Å². The molecule has 0 aliphatic rings. The van der Waals surface area contributed by atoms with Crippen molar-refractivity contribution in [2.24, 2.45) is 0 Å². The fourth-order valence-electron chi connectivity index (χ4n) is 1.24. The summed E-state index contributed by atoms with van der Waals surface area (Å²) in [7, 11) is 0. The van der Waals surface area contributed by atoms with Crippen LogP contribution in [-0.4, -0.2) is 30.2 Å². The molecule has 0 radical (unpaired) electrons. The van der Waals surface area contributed by atoms with Crippen molar-refractivity contribution in [2.75, 3.05) is 18.5 Å². The van der Waals surface area contributed by atoms with Gasteiger partial charge in [0.05, 0.1) is 0 Å². The van der Waals surface area contributed by atoms with Crippen LogP contribution < -0.4 is 5.32 Å². The maximum atomic E-state index is 11.4. The molecule has 0 saturated carbocycles. The summed E-state index contributed by atoms with van der Waals surface area (Å²) >= 11 is 0. The van der Waals surface area contributed by atoms with Crippen LogP contribution in [-0.2, 0) is 14.3 Å². The Morgan fingerprint density at radius 2 is 2.11 bits per heavy atom. The molecule has 0 aliphatic heterocycles. The second-order valence-electron chi connectivity index (χ2n) is 3.53. The number of amides is 1. The molecule has 7 heteroatoms. The highest BCUT2D eigenvalue weighted by Crippen LogP contribution is 2.25. The number of nitrogens with zero attached hydrogens (tertiary/aromatic N) is 1. The van der Waals surface area contributed by atoms with Gasteiger partial charge in [0.25, 0.3) is 5.91 Å². The van der Waals surface area contributed by atoms with Gasteiger partial charge in [-0.2, -0.15) is 5.26 Å². The molecular weight excluding hydrogens is 240 g/mol. The lowest BCUT2D eigenvalue weighted by Crippen LogP contribution is -2.20. The molecule has 0 atom stereocenters. The van der Waals surface area contributed by atoms with E-state index in [0.717, 1.165) is 0 Å². The molecule has 0 bridgehead atoms. The molecule has 1 rings (SSSR count). The predicted molar refractivity (Wildman–Crippen MR) is 60.0 cm³/mol. The highest BCUT2D eigenvalue weighted by Gasteiger charge is 2.16. The lowest BCUT2D eigenvalue weighted by atomic mass is 10.2. The first-order chi connectivity index (χ1) is 8.45. The third-order valence-electron chi connectivity index (χ3n) is 2.21. The summed E-state index contributed by atoms with van der Waals surface area (Å²) < 4.78 is 9.81. The van der Waals surface area contributed by atoms with Gasteiger partial charge in [0, 0.05) is 5.56 Å². The van der Waals surface area contributed by atoms with Gasteiger partial charge in [-0.15, -0.1) is 0 Å². The van der Waals surface area contributed by atoms with E-state index < -0.39 is 25.1 Å². The maximum Gasteiger partial charge on any atom is 0.329 e. The molecule has 1 aromatic heterocycles. The van der Waals surface area contributed by atoms with Crippen LogP contribution in [0.1, 0.15) is 16.9 Å². The zero-order chi connectivity index (χ0) is 13.7. The zero-order valence-corrected chi connectivity index (χ0v) is 9.94. The summed E-state index contributed by atoms with van der Waals surface area (Å²) in [6, 6.07) is 1.92. The van der Waals surface area contributed by atoms with Crippen molar-refractivity contribution >= 4 is 17.8 Å². The lowest BCUT2D eigenvalue weighted by Gasteiger charge is -2.02. The van der Waals surface area contributed by atoms with E-state index in [0.29, 0.717) is 11.3 Å². The van der Waals surface area contributed by atoms with Gasteiger partial charge in [-0.3, -0.25) is 10.1 Å². The minimum atomic E-state index is -1.16. The molecule has 0 unspecified atom stereocenters. The van der Waals surface area contributed by atoms with E-state index in [2.05, 4.69) is 10.1 Å². The number of carbonyl (C=O) groups excluding carboxylic acids is 1. The van der Waals surface area contributed by atoms with Gasteiger partial charge in [0.1, 0.15) is 30.6 Å². The Hall–Kier alpha value is -2.33. The first-order valence-electron chi connectivity index (χ1n) is 5.05. The highest BCUT2D eigenvalue weighted by molar-refractivity contribution is 5.92. The van der Waals surface area contributed by atoms with Crippen molar-refractivity contribution in [3.8, 4) is 6.07 Å². The molecular formula is C11H12N2O5. The highest BCUT2D eigenvalue weighted by atomic mass is 16.5. The average molecular weight is 252 g/mol. The van der Waals surface area contributed by atoms with Crippen LogP contribution in [0.25, 0.3) is 0 Å². The number of anilines is 1. The van der Waals surface area contributed by atoms with Crippen molar-refractivity contribution in [3.63, 3.8) is 0 Å². The Bertz CT molecular complexity index is 512. The number of nitriles is 1. The Balaban J connectivity index is 2.63. The average Bonchev–Trinajstić information content (AvgIpc) is 2.53. The van der Waals surface area contributed by atoms with E-state index >= 15 is 0 Å². The smallest absolute Gasteiger partial charge is 0.329 e. The molecule has 2 N–H and O–H groups in total. The summed E-state index contributed by atoms with van der Waals surface area (Å²) in [5.41, 5.74) is 0.901. The first kappa shape index (κ1) is 13.7. The lowest BCUT2D eigenvalue weighted by molar-refractivity contribution is -0.143. The Kier molecular flexibility index (Phi) is 4.45. The van der Waals surface area contributed by atoms with E-state index in [4.69, 9.17) is 14.8 Å². The number of hydrogen-bond acceptors (Lipinski definition) is 5. The van der Waals surface area contributed by atoms with Crippen LogP contribution >= 0.6 is 0 Å². The Morgan fingerprint density at radius 3 is 2.67 bits per heavy atom. The standard InChI is InChI=1S/C11H12N2O5/c1-6-7(2)18-11(8(6)3-12)13-9(14)4-17-5-10(15)16/h4-5H2,1-2H3,(H,13,14)(H,15,16). The van der Waals surface area contributed by atoms with Crippen LogP contribution in [0, 0.1) is 25.2 Å². The summed E-state index contributed by atoms with van der Waals surface area (Å²) in [4.78, 5) is 21.6. The number of carboxylic acid groups (broad SMARTS) is 1. The Labute approximate surface area is 103 Å². The minimum absolute atomic E-state index is 0.0522. The number of rotatable bonds is 5. The molecule has 1 heterocycles. The summed E-state index contributed by atoms with van der Waals surface area (Å²) in [6.07, 6.45) is 0. The van der Waals surface area contributed by atoms with Crippen LogP contribution in [0.3, 0.4) is 0 Å². The molecule has 1 amide bonds. The largest absolute Gasteiger partial charge is 0.480 e. The molecule has 0 aromatic carbocycles. The topological polar surface area (TPSA) is 113 Å². The maximum absolute atomic E-state index is 11.4. The zero-order valence-electron chi connectivity index (χ0n) is 9.94. The molecule has 18 heavy (non-hydrogen) atoms. The molecule has 0 spiro atoms. The number of aliphatic carboxylic acids is 1. The van der Waals surface area contributed by atoms with Gasteiger partial charge in [-0.25, -0.2) is 4.79 Å². The van der Waals surface area contributed by atoms with Crippen LogP contribution in [0.2, 0.25) is 0 Å². The van der Waals surface area contributed by atoms with Crippen LogP contribution in [0.4, 0.5) is 5.88 Å². The summed E-state index contributed by atoms with van der Waals surface area (Å²) in [5.74, 6) is -1.16. The van der Waals surface area contributed by atoms with Crippen LogP contribution in [0.15, 0.2) is 4.42 Å². The van der Waals surface area contributed by atoms with E-state index in [1.54, 1.807) is 13.8 Å². The number of carbonyl (C=O) groups is 2.